The van der Waals surface area contributed by atoms with E-state index in [2.05, 4.69) is 0 Å². The Hall–Kier alpha value is -2.35. The van der Waals surface area contributed by atoms with Crippen molar-refractivity contribution in [1.82, 2.24) is 0 Å². The van der Waals surface area contributed by atoms with Gasteiger partial charge in [0, 0.05) is 21.5 Å². The largest absolute Gasteiger partial charge is 0.295 e. The van der Waals surface area contributed by atoms with Gasteiger partial charge in [0.25, 0.3) is 30.4 Å². The molecule has 4 aromatic rings. The smallest absolute Gasteiger partial charge is 0.282 e. The van der Waals surface area contributed by atoms with Gasteiger partial charge in [-0.2, -0.15) is 25.3 Å². The fraction of sp³-hybridized carbons (Fsp3) is 0. The Kier molecular flexibility index (Phi) is 3.79. The molecule has 0 heterocycles. The van der Waals surface area contributed by atoms with Crippen LogP contribution >= 0.6 is 0 Å². The second kappa shape index (κ2) is 5.59. The second-order valence-electron chi connectivity index (χ2n) is 6.11. The quantitative estimate of drug-likeness (QED) is 0.319. The minimum Gasteiger partial charge on any atom is -0.282 e. The van der Waals surface area contributed by atoms with Crippen molar-refractivity contribution >= 4 is 62.7 Å². The molecule has 0 fully saturated rings. The van der Waals surface area contributed by atoms with Crippen molar-refractivity contribution < 1.29 is 38.9 Å². The van der Waals surface area contributed by atoms with E-state index < -0.39 is 45.0 Å². The van der Waals surface area contributed by atoms with Crippen LogP contribution < -0.4 is 0 Å². The molecular weight excluding hydrogens is 432 g/mol. The highest BCUT2D eigenvalue weighted by atomic mass is 32.2. The molecule has 0 saturated heterocycles. The molecule has 4 aromatic carbocycles. The topological polar surface area (TPSA) is 163 Å². The molecule has 0 bridgehead atoms. The molecular formula is C16H10O9S3. The molecule has 0 saturated carbocycles. The normalized spacial score (nSPS) is 13.7. The van der Waals surface area contributed by atoms with Gasteiger partial charge in [0.1, 0.15) is 14.7 Å². The van der Waals surface area contributed by atoms with Gasteiger partial charge in [0.05, 0.1) is 0 Å². The van der Waals surface area contributed by atoms with Crippen LogP contribution in [-0.2, 0) is 30.4 Å². The van der Waals surface area contributed by atoms with E-state index in [1.807, 2.05) is 0 Å². The number of rotatable bonds is 3. The van der Waals surface area contributed by atoms with Crippen LogP contribution in [0, 0.1) is 0 Å². The molecule has 0 aliphatic rings. The number of hydrogen-bond donors (Lipinski definition) is 3. The van der Waals surface area contributed by atoms with E-state index in [0.29, 0.717) is 11.5 Å². The van der Waals surface area contributed by atoms with Crippen molar-refractivity contribution in [3.05, 3.63) is 42.5 Å². The molecule has 0 amide bonds. The van der Waals surface area contributed by atoms with E-state index in [0.717, 1.165) is 6.07 Å². The lowest BCUT2D eigenvalue weighted by molar-refractivity contribution is 0.480. The molecule has 28 heavy (non-hydrogen) atoms. The third-order valence-corrected chi connectivity index (χ3v) is 7.20. The van der Waals surface area contributed by atoms with E-state index in [9.17, 15) is 38.9 Å². The monoisotopic (exact) mass is 442 g/mol. The maximum absolute atomic E-state index is 11.8. The molecule has 0 aliphatic heterocycles. The fourth-order valence-electron chi connectivity index (χ4n) is 3.46. The summed E-state index contributed by atoms with van der Waals surface area (Å²) in [5.74, 6) is 0. The van der Waals surface area contributed by atoms with Crippen LogP contribution in [-0.4, -0.2) is 38.9 Å². The molecule has 3 N–H and O–H groups in total. The zero-order valence-electron chi connectivity index (χ0n) is 13.6. The fourth-order valence-corrected chi connectivity index (χ4v) is 5.65. The highest BCUT2D eigenvalue weighted by Crippen LogP contribution is 2.41. The first-order chi connectivity index (χ1) is 12.8. The van der Waals surface area contributed by atoms with Crippen LogP contribution in [0.5, 0.6) is 0 Å². The highest BCUT2D eigenvalue weighted by Gasteiger charge is 2.26. The zero-order valence-corrected chi connectivity index (χ0v) is 16.0. The van der Waals surface area contributed by atoms with Crippen LogP contribution in [0.25, 0.3) is 32.3 Å². The Balaban J connectivity index is 2.43. The van der Waals surface area contributed by atoms with Crippen LogP contribution in [0.3, 0.4) is 0 Å². The Morgan fingerprint density at radius 2 is 0.893 bits per heavy atom. The summed E-state index contributed by atoms with van der Waals surface area (Å²) in [5.41, 5.74) is 0. The first-order valence-electron chi connectivity index (χ1n) is 7.47. The van der Waals surface area contributed by atoms with Crippen molar-refractivity contribution in [2.45, 2.75) is 14.7 Å². The van der Waals surface area contributed by atoms with Gasteiger partial charge in [-0.1, -0.05) is 30.3 Å². The van der Waals surface area contributed by atoms with Gasteiger partial charge < -0.3 is 0 Å². The lowest BCUT2D eigenvalue weighted by Crippen LogP contribution is -2.06. The molecule has 9 nitrogen and oxygen atoms in total. The van der Waals surface area contributed by atoms with Crippen LogP contribution in [0.4, 0.5) is 0 Å². The Morgan fingerprint density at radius 3 is 1.36 bits per heavy atom. The lowest BCUT2D eigenvalue weighted by atomic mass is 9.94. The summed E-state index contributed by atoms with van der Waals surface area (Å²) in [6.45, 7) is 0. The van der Waals surface area contributed by atoms with Crippen LogP contribution in [0.15, 0.2) is 57.2 Å². The van der Waals surface area contributed by atoms with Crippen molar-refractivity contribution in [3.8, 4) is 0 Å². The van der Waals surface area contributed by atoms with Gasteiger partial charge in [0.2, 0.25) is 0 Å². The molecule has 0 atom stereocenters. The van der Waals surface area contributed by atoms with Crippen molar-refractivity contribution in [3.63, 3.8) is 0 Å². The minimum atomic E-state index is -4.89. The molecule has 146 valence electrons. The summed E-state index contributed by atoms with van der Waals surface area (Å²) in [7, 11) is -14.4. The summed E-state index contributed by atoms with van der Waals surface area (Å²) in [4.78, 5) is -1.99. The molecule has 0 unspecified atom stereocenters. The SMILES string of the molecule is O=S(=O)(O)c1ccc2ccc3c(S(=O)(=O)O)cc(S(=O)(=O)O)c4ccc1c2c34. The summed E-state index contributed by atoms with van der Waals surface area (Å²) < 4.78 is 99.3. The van der Waals surface area contributed by atoms with E-state index >= 15 is 0 Å². The van der Waals surface area contributed by atoms with Crippen molar-refractivity contribution in [2.75, 3.05) is 0 Å². The van der Waals surface area contributed by atoms with Gasteiger partial charge in [-0.25, -0.2) is 0 Å². The van der Waals surface area contributed by atoms with E-state index in [-0.39, 0.29) is 26.9 Å². The van der Waals surface area contributed by atoms with Gasteiger partial charge in [0.15, 0.2) is 0 Å². The Morgan fingerprint density at radius 1 is 0.500 bits per heavy atom. The van der Waals surface area contributed by atoms with E-state index in [4.69, 9.17) is 0 Å². The molecule has 0 radical (unpaired) electrons. The summed E-state index contributed by atoms with van der Waals surface area (Å²) in [6.07, 6.45) is 0. The molecule has 4 rings (SSSR count). The first kappa shape index (κ1) is 19.0. The third kappa shape index (κ3) is 2.73. The molecule has 0 spiro atoms. The lowest BCUT2D eigenvalue weighted by Gasteiger charge is -2.16. The average Bonchev–Trinajstić information content (AvgIpc) is 2.55. The van der Waals surface area contributed by atoms with E-state index in [1.54, 1.807) is 0 Å². The predicted octanol–water partition coefficient (Wildman–Crippen LogP) is 2.32. The zero-order chi connectivity index (χ0) is 20.6. The Labute approximate surface area is 158 Å². The highest BCUT2D eigenvalue weighted by molar-refractivity contribution is 7.87. The van der Waals surface area contributed by atoms with Crippen LogP contribution in [0.1, 0.15) is 0 Å². The molecule has 0 aliphatic carbocycles. The van der Waals surface area contributed by atoms with Crippen LogP contribution in [0.2, 0.25) is 0 Å². The standard InChI is InChI=1S/C16H10O9S3/c17-26(18,19)12-6-2-8-1-3-10-13(27(20,21)22)7-14(28(23,24)25)11-5-4-9(12)15(8)16(10)11/h1-7H,(H,17,18,19)(H,20,21,22)(H,23,24,25). The minimum absolute atomic E-state index is 0.00301. The summed E-state index contributed by atoms with van der Waals surface area (Å²) in [6, 6.07) is 8.37. The summed E-state index contributed by atoms with van der Waals surface area (Å²) in [5, 5.41) is 0.455. The van der Waals surface area contributed by atoms with E-state index in [1.165, 1.54) is 30.3 Å². The molecule has 0 aromatic heterocycles. The third-order valence-electron chi connectivity index (χ3n) is 4.50. The average molecular weight is 442 g/mol. The van der Waals surface area contributed by atoms with Gasteiger partial charge in [-0.3, -0.25) is 13.7 Å². The van der Waals surface area contributed by atoms with Crippen molar-refractivity contribution in [1.29, 1.82) is 0 Å². The number of benzene rings is 4. The Bertz CT molecular complexity index is 1570. The maximum atomic E-state index is 11.8. The van der Waals surface area contributed by atoms with Gasteiger partial charge in [-0.05, 0) is 22.9 Å². The second-order valence-corrected chi connectivity index (χ2v) is 10.3. The number of hydrogen-bond acceptors (Lipinski definition) is 6. The van der Waals surface area contributed by atoms with Crippen molar-refractivity contribution in [2.24, 2.45) is 0 Å². The predicted molar refractivity (Wildman–Crippen MR) is 99.6 cm³/mol. The summed E-state index contributed by atoms with van der Waals surface area (Å²) >= 11 is 0. The van der Waals surface area contributed by atoms with Gasteiger partial charge in [-0.15, -0.1) is 0 Å². The first-order valence-corrected chi connectivity index (χ1v) is 11.8. The van der Waals surface area contributed by atoms with Gasteiger partial charge >= 0.3 is 0 Å². The molecule has 12 heteroatoms. The maximum Gasteiger partial charge on any atom is 0.295 e.